The van der Waals surface area contributed by atoms with Gasteiger partial charge < -0.3 is 15.5 Å². The second kappa shape index (κ2) is 6.45. The lowest BCUT2D eigenvalue weighted by molar-refractivity contribution is 0.0826. The van der Waals surface area contributed by atoms with Gasteiger partial charge in [0.2, 0.25) is 0 Å². The normalized spacial score (nSPS) is 13.3. The van der Waals surface area contributed by atoms with E-state index in [1.165, 1.54) is 4.90 Å². The smallest absolute Gasteiger partial charge is 0.276 e. The van der Waals surface area contributed by atoms with Gasteiger partial charge in [-0.25, -0.2) is 0 Å². The molecule has 1 aliphatic heterocycles. The van der Waals surface area contributed by atoms with Crippen molar-refractivity contribution in [1.29, 1.82) is 0 Å². The molecular weight excluding hydrogens is 306 g/mol. The highest BCUT2D eigenvalue weighted by Gasteiger charge is 2.22. The third kappa shape index (κ3) is 3.03. The van der Waals surface area contributed by atoms with Gasteiger partial charge in [-0.2, -0.15) is 5.10 Å². The van der Waals surface area contributed by atoms with Crippen LogP contribution in [-0.2, 0) is 13.0 Å². The summed E-state index contributed by atoms with van der Waals surface area (Å²) in [5.41, 5.74) is 4.45. The van der Waals surface area contributed by atoms with Gasteiger partial charge in [0, 0.05) is 56.1 Å². The molecule has 1 aromatic heterocycles. The van der Waals surface area contributed by atoms with Crippen LogP contribution in [0.5, 0.6) is 0 Å². The van der Waals surface area contributed by atoms with Crippen molar-refractivity contribution in [3.05, 3.63) is 46.3 Å². The fourth-order valence-electron chi connectivity index (χ4n) is 2.83. The van der Waals surface area contributed by atoms with Gasteiger partial charge in [0.15, 0.2) is 5.69 Å². The summed E-state index contributed by atoms with van der Waals surface area (Å²) >= 11 is 0. The van der Waals surface area contributed by atoms with Gasteiger partial charge in [0.1, 0.15) is 0 Å². The number of nitrogens with one attached hydrogen (secondary N) is 3. The first-order valence-corrected chi connectivity index (χ1v) is 7.88. The minimum absolute atomic E-state index is 0.0576. The number of benzene rings is 1. The fourth-order valence-corrected chi connectivity index (χ4v) is 2.83. The lowest BCUT2D eigenvalue weighted by Crippen LogP contribution is -2.25. The molecule has 0 unspecified atom stereocenters. The Hall–Kier alpha value is -2.67. The summed E-state index contributed by atoms with van der Waals surface area (Å²) in [4.78, 5) is 26.1. The van der Waals surface area contributed by atoms with Crippen LogP contribution in [0.2, 0.25) is 0 Å². The Morgan fingerprint density at radius 2 is 2.08 bits per heavy atom. The number of anilines is 1. The van der Waals surface area contributed by atoms with E-state index in [0.717, 1.165) is 29.8 Å². The zero-order valence-electron chi connectivity index (χ0n) is 14.1. The van der Waals surface area contributed by atoms with E-state index in [4.69, 9.17) is 0 Å². The van der Waals surface area contributed by atoms with E-state index in [-0.39, 0.29) is 11.8 Å². The molecule has 0 saturated carbocycles. The second-order valence-corrected chi connectivity index (χ2v) is 6.14. The fraction of sp³-hybridized carbons (Fsp3) is 0.353. The van der Waals surface area contributed by atoms with Crippen molar-refractivity contribution in [2.45, 2.75) is 19.9 Å². The number of hydrogen-bond donors (Lipinski definition) is 3. The summed E-state index contributed by atoms with van der Waals surface area (Å²) < 4.78 is 0. The number of aromatic amines is 1. The molecule has 7 heteroatoms. The molecule has 1 aliphatic rings. The molecule has 0 saturated heterocycles. The van der Waals surface area contributed by atoms with Gasteiger partial charge in [-0.05, 0) is 30.7 Å². The van der Waals surface area contributed by atoms with Crippen molar-refractivity contribution in [3.63, 3.8) is 0 Å². The van der Waals surface area contributed by atoms with Gasteiger partial charge in [0.05, 0.1) is 0 Å². The molecule has 0 bridgehead atoms. The number of H-pyrrole nitrogens is 1. The molecule has 0 radical (unpaired) electrons. The van der Waals surface area contributed by atoms with Gasteiger partial charge in [0.25, 0.3) is 11.8 Å². The highest BCUT2D eigenvalue weighted by atomic mass is 16.2. The van der Waals surface area contributed by atoms with Gasteiger partial charge >= 0.3 is 0 Å². The SMILES string of the molecule is Cc1cc(NC(=O)c2n[nH]c3c2CNCC3)ccc1C(=O)N(C)C. The van der Waals surface area contributed by atoms with Gasteiger partial charge in [-0.1, -0.05) is 0 Å². The molecule has 0 spiro atoms. The molecule has 24 heavy (non-hydrogen) atoms. The van der Waals surface area contributed by atoms with E-state index < -0.39 is 0 Å². The Morgan fingerprint density at radius 3 is 2.79 bits per heavy atom. The Morgan fingerprint density at radius 1 is 1.29 bits per heavy atom. The molecule has 2 heterocycles. The van der Waals surface area contributed by atoms with Crippen molar-refractivity contribution in [1.82, 2.24) is 20.4 Å². The van der Waals surface area contributed by atoms with Crippen molar-refractivity contribution in [2.75, 3.05) is 26.0 Å². The maximum atomic E-state index is 12.5. The van der Waals surface area contributed by atoms with Crippen LogP contribution in [0.4, 0.5) is 5.69 Å². The van der Waals surface area contributed by atoms with Crippen LogP contribution in [0.15, 0.2) is 18.2 Å². The predicted molar refractivity (Wildman–Crippen MR) is 91.1 cm³/mol. The average Bonchev–Trinajstić information content (AvgIpc) is 2.98. The molecular formula is C17H21N5O2. The summed E-state index contributed by atoms with van der Waals surface area (Å²) in [6.07, 6.45) is 0.843. The first kappa shape index (κ1) is 16.2. The van der Waals surface area contributed by atoms with Crippen LogP contribution in [0, 0.1) is 6.92 Å². The van der Waals surface area contributed by atoms with Crippen LogP contribution in [-0.4, -0.2) is 47.6 Å². The number of fused-ring (bicyclic) bond motifs is 1. The number of carbonyl (C=O) groups is 2. The molecule has 0 aliphatic carbocycles. The van der Waals surface area contributed by atoms with Crippen LogP contribution >= 0.6 is 0 Å². The number of carbonyl (C=O) groups excluding carboxylic acids is 2. The highest BCUT2D eigenvalue weighted by Crippen LogP contribution is 2.19. The molecule has 2 aromatic rings. The molecule has 3 N–H and O–H groups in total. The Balaban J connectivity index is 1.79. The Bertz CT molecular complexity index is 794. The van der Waals surface area contributed by atoms with Crippen LogP contribution in [0.25, 0.3) is 0 Å². The maximum Gasteiger partial charge on any atom is 0.276 e. The topological polar surface area (TPSA) is 90.1 Å². The average molecular weight is 327 g/mol. The summed E-state index contributed by atoms with van der Waals surface area (Å²) in [6, 6.07) is 5.26. The highest BCUT2D eigenvalue weighted by molar-refractivity contribution is 6.04. The minimum Gasteiger partial charge on any atom is -0.345 e. The number of rotatable bonds is 3. The standard InChI is InChI=1S/C17H21N5O2/c1-10-8-11(4-5-12(10)17(24)22(2)3)19-16(23)15-13-9-18-7-6-14(13)20-21-15/h4-5,8,18H,6-7,9H2,1-3H3,(H,19,23)(H,20,21). The van der Waals surface area contributed by atoms with Crippen molar-refractivity contribution in [2.24, 2.45) is 0 Å². The number of hydrogen-bond acceptors (Lipinski definition) is 4. The van der Waals surface area contributed by atoms with Crippen LogP contribution < -0.4 is 10.6 Å². The molecule has 0 atom stereocenters. The third-order valence-electron chi connectivity index (χ3n) is 4.14. The summed E-state index contributed by atoms with van der Waals surface area (Å²) in [6.45, 7) is 3.38. The summed E-state index contributed by atoms with van der Waals surface area (Å²) in [7, 11) is 3.43. The lowest BCUT2D eigenvalue weighted by Gasteiger charge is -2.14. The van der Waals surface area contributed by atoms with Gasteiger partial charge in [-0.15, -0.1) is 0 Å². The van der Waals surface area contributed by atoms with Crippen LogP contribution in [0.3, 0.4) is 0 Å². The number of amides is 2. The quantitative estimate of drug-likeness (QED) is 0.793. The third-order valence-corrected chi connectivity index (χ3v) is 4.14. The van der Waals surface area contributed by atoms with Crippen LogP contribution in [0.1, 0.15) is 37.7 Å². The molecule has 1 aromatic carbocycles. The van der Waals surface area contributed by atoms with E-state index in [2.05, 4.69) is 20.8 Å². The van der Waals surface area contributed by atoms with Crippen molar-refractivity contribution < 1.29 is 9.59 Å². The minimum atomic E-state index is -0.248. The number of aromatic nitrogens is 2. The first-order valence-electron chi connectivity index (χ1n) is 7.88. The largest absolute Gasteiger partial charge is 0.345 e. The maximum absolute atomic E-state index is 12.5. The summed E-state index contributed by atoms with van der Waals surface area (Å²) in [5.74, 6) is -0.305. The second-order valence-electron chi connectivity index (χ2n) is 6.14. The van der Waals surface area contributed by atoms with E-state index in [1.807, 2.05) is 6.92 Å². The zero-order valence-corrected chi connectivity index (χ0v) is 14.1. The number of aryl methyl sites for hydroxylation is 1. The van der Waals surface area contributed by atoms with E-state index >= 15 is 0 Å². The monoisotopic (exact) mass is 327 g/mol. The predicted octanol–water partition coefficient (Wildman–Crippen LogP) is 1.32. The molecule has 0 fully saturated rings. The van der Waals surface area contributed by atoms with Crippen molar-refractivity contribution in [3.8, 4) is 0 Å². The first-order chi connectivity index (χ1) is 11.5. The van der Waals surface area contributed by atoms with Gasteiger partial charge in [-0.3, -0.25) is 14.7 Å². The zero-order chi connectivity index (χ0) is 17.3. The molecule has 2 amide bonds. The number of nitrogens with zero attached hydrogens (tertiary/aromatic N) is 2. The Labute approximate surface area is 140 Å². The molecule has 3 rings (SSSR count). The summed E-state index contributed by atoms with van der Waals surface area (Å²) in [5, 5.41) is 13.2. The van der Waals surface area contributed by atoms with E-state index in [9.17, 15) is 9.59 Å². The molecule has 126 valence electrons. The van der Waals surface area contributed by atoms with E-state index in [0.29, 0.717) is 23.5 Å². The van der Waals surface area contributed by atoms with E-state index in [1.54, 1.807) is 32.3 Å². The lowest BCUT2D eigenvalue weighted by atomic mass is 10.1. The Kier molecular flexibility index (Phi) is 4.35. The van der Waals surface area contributed by atoms with Crippen molar-refractivity contribution >= 4 is 17.5 Å². The molecule has 7 nitrogen and oxygen atoms in total.